The summed E-state index contributed by atoms with van der Waals surface area (Å²) in [6.07, 6.45) is 1.66. The first-order chi connectivity index (χ1) is 6.63. The van der Waals surface area contributed by atoms with Gasteiger partial charge in [-0.15, -0.1) is 0 Å². The van der Waals surface area contributed by atoms with E-state index >= 15 is 0 Å². The van der Waals surface area contributed by atoms with Gasteiger partial charge in [0.1, 0.15) is 0 Å². The molecule has 14 heavy (non-hydrogen) atoms. The van der Waals surface area contributed by atoms with Crippen LogP contribution in [0.15, 0.2) is 24.3 Å². The quantitative estimate of drug-likeness (QED) is 0.688. The summed E-state index contributed by atoms with van der Waals surface area (Å²) in [6, 6.07) is 7.08. The predicted molar refractivity (Wildman–Crippen MR) is 59.9 cm³/mol. The van der Waals surface area contributed by atoms with Crippen LogP contribution in [0.3, 0.4) is 0 Å². The van der Waals surface area contributed by atoms with Crippen molar-refractivity contribution in [3.8, 4) is 0 Å². The van der Waals surface area contributed by atoms with Gasteiger partial charge in [-0.3, -0.25) is 4.79 Å². The molecule has 1 aromatic carbocycles. The minimum absolute atomic E-state index is 0.205. The van der Waals surface area contributed by atoms with Crippen molar-refractivity contribution in [3.05, 3.63) is 34.9 Å². The molecule has 1 unspecified atom stereocenters. The van der Waals surface area contributed by atoms with Gasteiger partial charge in [0.05, 0.1) is 0 Å². The predicted octanol–water partition coefficient (Wildman–Crippen LogP) is 3.96. The number of hydrogen-bond acceptors (Lipinski definition) is 1. The van der Waals surface area contributed by atoms with Crippen molar-refractivity contribution in [2.45, 2.75) is 26.7 Å². The first-order valence-electron chi connectivity index (χ1n) is 4.92. The second-order valence-corrected chi connectivity index (χ2v) is 4.08. The van der Waals surface area contributed by atoms with Crippen molar-refractivity contribution in [2.75, 3.05) is 0 Å². The Morgan fingerprint density at radius 2 is 1.93 bits per heavy atom. The van der Waals surface area contributed by atoms with Crippen LogP contribution >= 0.6 is 11.6 Å². The van der Waals surface area contributed by atoms with E-state index in [1.807, 2.05) is 0 Å². The van der Waals surface area contributed by atoms with Crippen LogP contribution < -0.4 is 0 Å². The summed E-state index contributed by atoms with van der Waals surface area (Å²) in [6.45, 7) is 4.19. The summed E-state index contributed by atoms with van der Waals surface area (Å²) in [5.41, 5.74) is 0.759. The summed E-state index contributed by atoms with van der Waals surface area (Å²) in [4.78, 5) is 11.7. The molecule has 0 bridgehead atoms. The molecule has 0 aliphatic carbocycles. The molecule has 0 fully saturated rings. The minimum atomic E-state index is 0.205. The van der Waals surface area contributed by atoms with E-state index in [1.54, 1.807) is 24.3 Å². The fourth-order valence-corrected chi connectivity index (χ4v) is 1.34. The van der Waals surface area contributed by atoms with Gasteiger partial charge >= 0.3 is 0 Å². The molecule has 0 saturated carbocycles. The lowest BCUT2D eigenvalue weighted by molar-refractivity contribution is 0.0963. The fraction of sp³-hybridized carbons (Fsp3) is 0.417. The zero-order valence-corrected chi connectivity index (χ0v) is 9.34. The third-order valence-electron chi connectivity index (χ3n) is 2.40. The van der Waals surface area contributed by atoms with Crippen LogP contribution in [0.4, 0.5) is 0 Å². The molecule has 1 nitrogen and oxygen atoms in total. The zero-order valence-electron chi connectivity index (χ0n) is 8.59. The molecule has 2 heteroatoms. The minimum Gasteiger partial charge on any atom is -0.294 e. The smallest absolute Gasteiger partial charge is 0.163 e. The van der Waals surface area contributed by atoms with Gasteiger partial charge in [0.25, 0.3) is 0 Å². The molecule has 0 radical (unpaired) electrons. The maximum Gasteiger partial charge on any atom is 0.163 e. The summed E-state index contributed by atoms with van der Waals surface area (Å²) < 4.78 is 0. The molecule has 0 aliphatic rings. The maximum atomic E-state index is 11.7. The SMILES string of the molecule is CCC(C)CC(=O)c1ccc(Cl)cc1. The van der Waals surface area contributed by atoms with Gasteiger partial charge in [-0.25, -0.2) is 0 Å². The standard InChI is InChI=1S/C12H15ClO/c1-3-9(2)8-12(14)10-4-6-11(13)7-5-10/h4-7,9H,3,8H2,1-2H3. The Hall–Kier alpha value is -0.820. The highest BCUT2D eigenvalue weighted by atomic mass is 35.5. The number of carbonyl (C=O) groups is 1. The van der Waals surface area contributed by atoms with Crippen LogP contribution in [-0.4, -0.2) is 5.78 Å². The molecule has 0 amide bonds. The Bertz CT molecular complexity index is 303. The molecule has 0 saturated heterocycles. The van der Waals surface area contributed by atoms with Crippen LogP contribution in [0.1, 0.15) is 37.0 Å². The van der Waals surface area contributed by atoms with Gasteiger partial charge in [0.15, 0.2) is 5.78 Å². The van der Waals surface area contributed by atoms with Gasteiger partial charge in [0, 0.05) is 17.0 Å². The zero-order chi connectivity index (χ0) is 10.6. The van der Waals surface area contributed by atoms with Crippen LogP contribution in [-0.2, 0) is 0 Å². The highest BCUT2D eigenvalue weighted by Gasteiger charge is 2.09. The molecule has 0 N–H and O–H groups in total. The van der Waals surface area contributed by atoms with Crippen LogP contribution in [0, 0.1) is 5.92 Å². The summed E-state index contributed by atoms with van der Waals surface area (Å²) in [5.74, 6) is 0.661. The highest BCUT2D eigenvalue weighted by molar-refractivity contribution is 6.30. The number of carbonyl (C=O) groups excluding carboxylic acids is 1. The molecule has 0 spiro atoms. The van der Waals surface area contributed by atoms with Gasteiger partial charge in [-0.05, 0) is 30.2 Å². The Kier molecular flexibility index (Phi) is 4.15. The van der Waals surface area contributed by atoms with Crippen molar-refractivity contribution in [1.29, 1.82) is 0 Å². The van der Waals surface area contributed by atoms with Gasteiger partial charge in [-0.2, -0.15) is 0 Å². The molecule has 1 atom stereocenters. The molecule has 1 rings (SSSR count). The van der Waals surface area contributed by atoms with E-state index in [9.17, 15) is 4.79 Å². The number of halogens is 1. The Morgan fingerprint density at radius 1 is 1.36 bits per heavy atom. The fourth-order valence-electron chi connectivity index (χ4n) is 1.21. The van der Waals surface area contributed by atoms with E-state index in [2.05, 4.69) is 13.8 Å². The number of rotatable bonds is 4. The van der Waals surface area contributed by atoms with E-state index in [-0.39, 0.29) is 5.78 Å². The molecule has 0 heterocycles. The largest absolute Gasteiger partial charge is 0.294 e. The van der Waals surface area contributed by atoms with Gasteiger partial charge in [-0.1, -0.05) is 31.9 Å². The van der Waals surface area contributed by atoms with Crippen molar-refractivity contribution >= 4 is 17.4 Å². The molecule has 1 aromatic rings. The van der Waals surface area contributed by atoms with Crippen molar-refractivity contribution in [2.24, 2.45) is 5.92 Å². The number of benzene rings is 1. The third-order valence-corrected chi connectivity index (χ3v) is 2.65. The van der Waals surface area contributed by atoms with Crippen LogP contribution in [0.25, 0.3) is 0 Å². The number of Topliss-reactive ketones (excluding diaryl/α,β-unsaturated/α-hetero) is 1. The first-order valence-corrected chi connectivity index (χ1v) is 5.30. The van der Waals surface area contributed by atoms with Crippen molar-refractivity contribution < 1.29 is 4.79 Å². The van der Waals surface area contributed by atoms with Crippen LogP contribution in [0.2, 0.25) is 5.02 Å². The Labute approximate surface area is 90.1 Å². The van der Waals surface area contributed by atoms with Gasteiger partial charge < -0.3 is 0 Å². The monoisotopic (exact) mass is 210 g/mol. The molecular formula is C12H15ClO. The lowest BCUT2D eigenvalue weighted by Gasteiger charge is -2.06. The summed E-state index contributed by atoms with van der Waals surface area (Å²) in [5, 5.41) is 0.671. The molecular weight excluding hydrogens is 196 g/mol. The van der Waals surface area contributed by atoms with E-state index < -0.39 is 0 Å². The number of ketones is 1. The molecule has 0 aliphatic heterocycles. The van der Waals surface area contributed by atoms with E-state index in [4.69, 9.17) is 11.6 Å². The summed E-state index contributed by atoms with van der Waals surface area (Å²) in [7, 11) is 0. The molecule has 0 aromatic heterocycles. The topological polar surface area (TPSA) is 17.1 Å². The lowest BCUT2D eigenvalue weighted by Crippen LogP contribution is -2.04. The number of hydrogen-bond donors (Lipinski definition) is 0. The normalized spacial score (nSPS) is 12.5. The second-order valence-electron chi connectivity index (χ2n) is 3.65. The van der Waals surface area contributed by atoms with Crippen molar-refractivity contribution in [1.82, 2.24) is 0 Å². The van der Waals surface area contributed by atoms with Crippen molar-refractivity contribution in [3.63, 3.8) is 0 Å². The Balaban J connectivity index is 2.65. The maximum absolute atomic E-state index is 11.7. The van der Waals surface area contributed by atoms with E-state index in [0.29, 0.717) is 17.4 Å². The second kappa shape index (κ2) is 5.16. The van der Waals surface area contributed by atoms with Gasteiger partial charge in [0.2, 0.25) is 0 Å². The third kappa shape index (κ3) is 3.15. The first kappa shape index (κ1) is 11.3. The lowest BCUT2D eigenvalue weighted by atomic mass is 9.98. The van der Waals surface area contributed by atoms with Crippen LogP contribution in [0.5, 0.6) is 0 Å². The van der Waals surface area contributed by atoms with E-state index in [0.717, 1.165) is 12.0 Å². The molecule has 76 valence electrons. The van der Waals surface area contributed by atoms with E-state index in [1.165, 1.54) is 0 Å². The average molecular weight is 211 g/mol. The Morgan fingerprint density at radius 3 is 2.43 bits per heavy atom. The summed E-state index contributed by atoms with van der Waals surface area (Å²) >= 11 is 5.74. The highest BCUT2D eigenvalue weighted by Crippen LogP contribution is 2.15. The average Bonchev–Trinajstić information content (AvgIpc) is 2.18.